The lowest BCUT2D eigenvalue weighted by Crippen LogP contribution is -2.31. The zero-order chi connectivity index (χ0) is 16.1. The van der Waals surface area contributed by atoms with E-state index >= 15 is 0 Å². The predicted molar refractivity (Wildman–Crippen MR) is 89.8 cm³/mol. The van der Waals surface area contributed by atoms with Crippen LogP contribution in [0, 0.1) is 0 Å². The van der Waals surface area contributed by atoms with Crippen molar-refractivity contribution in [3.05, 3.63) is 66.0 Å². The largest absolute Gasteiger partial charge is 0.497 e. The van der Waals surface area contributed by atoms with Crippen LogP contribution in [-0.2, 0) is 11.3 Å². The first-order valence-electron chi connectivity index (χ1n) is 7.78. The fourth-order valence-corrected chi connectivity index (χ4v) is 2.44. The molecule has 0 radical (unpaired) electrons. The van der Waals surface area contributed by atoms with E-state index < -0.39 is 0 Å². The van der Waals surface area contributed by atoms with Gasteiger partial charge in [-0.3, -0.25) is 9.78 Å². The summed E-state index contributed by atoms with van der Waals surface area (Å²) in [6.07, 6.45) is 9.09. The van der Waals surface area contributed by atoms with E-state index in [9.17, 15) is 4.79 Å². The van der Waals surface area contributed by atoms with Crippen LogP contribution in [0.25, 0.3) is 6.08 Å². The molecule has 1 aromatic heterocycles. The van der Waals surface area contributed by atoms with Crippen LogP contribution in [0.5, 0.6) is 5.75 Å². The maximum Gasteiger partial charge on any atom is 0.247 e. The predicted octanol–water partition coefficient (Wildman–Crippen LogP) is 3.29. The summed E-state index contributed by atoms with van der Waals surface area (Å²) in [5.74, 6) is 0.877. The van der Waals surface area contributed by atoms with Crippen molar-refractivity contribution in [2.75, 3.05) is 7.11 Å². The molecule has 0 spiro atoms. The molecule has 0 unspecified atom stereocenters. The van der Waals surface area contributed by atoms with Crippen LogP contribution in [0.3, 0.4) is 0 Å². The van der Waals surface area contributed by atoms with Crippen molar-refractivity contribution in [2.45, 2.75) is 25.4 Å². The molecule has 0 aliphatic heterocycles. The van der Waals surface area contributed by atoms with Gasteiger partial charge in [-0.2, -0.15) is 0 Å². The number of carbonyl (C=O) groups excluding carboxylic acids is 1. The Labute approximate surface area is 136 Å². The lowest BCUT2D eigenvalue weighted by Gasteiger charge is -2.21. The van der Waals surface area contributed by atoms with E-state index in [4.69, 9.17) is 4.74 Å². The van der Waals surface area contributed by atoms with Crippen LogP contribution in [0.15, 0.2) is 54.9 Å². The Morgan fingerprint density at radius 3 is 2.70 bits per heavy atom. The summed E-state index contributed by atoms with van der Waals surface area (Å²) in [7, 11) is 1.65. The SMILES string of the molecule is COc1ccc(CN(C(=O)/C=C/c2cccnc2)C2CC2)cc1. The molecule has 1 fully saturated rings. The zero-order valence-corrected chi connectivity index (χ0v) is 13.2. The summed E-state index contributed by atoms with van der Waals surface area (Å²) < 4.78 is 5.17. The number of methoxy groups -OCH3 is 1. The highest BCUT2D eigenvalue weighted by atomic mass is 16.5. The van der Waals surface area contributed by atoms with Gasteiger partial charge in [0.25, 0.3) is 0 Å². The first-order chi connectivity index (χ1) is 11.3. The summed E-state index contributed by atoms with van der Waals surface area (Å²) in [5.41, 5.74) is 2.04. The lowest BCUT2D eigenvalue weighted by molar-refractivity contribution is -0.127. The van der Waals surface area contributed by atoms with Gasteiger partial charge >= 0.3 is 0 Å². The number of aromatic nitrogens is 1. The molecule has 118 valence electrons. The maximum atomic E-state index is 12.5. The number of hydrogen-bond donors (Lipinski definition) is 0. The molecule has 2 aromatic rings. The van der Waals surface area contributed by atoms with Crippen molar-refractivity contribution in [2.24, 2.45) is 0 Å². The first kappa shape index (κ1) is 15.3. The first-order valence-corrected chi connectivity index (χ1v) is 7.78. The van der Waals surface area contributed by atoms with E-state index in [1.165, 1.54) is 0 Å². The standard InChI is InChI=1S/C19H20N2O2/c1-23-18-9-4-16(5-10-18)14-21(17-7-8-17)19(22)11-6-15-3-2-12-20-13-15/h2-6,9-13,17H,7-8,14H2,1H3/b11-6+. The lowest BCUT2D eigenvalue weighted by atomic mass is 10.2. The highest BCUT2D eigenvalue weighted by Gasteiger charge is 2.31. The highest BCUT2D eigenvalue weighted by Crippen LogP contribution is 2.29. The van der Waals surface area contributed by atoms with Crippen LogP contribution in [-0.4, -0.2) is 28.9 Å². The molecule has 1 aromatic carbocycles. The van der Waals surface area contributed by atoms with E-state index in [1.807, 2.05) is 47.4 Å². The van der Waals surface area contributed by atoms with Crippen LogP contribution in [0.2, 0.25) is 0 Å². The summed E-state index contributed by atoms with van der Waals surface area (Å²) in [6, 6.07) is 12.0. The van der Waals surface area contributed by atoms with Crippen molar-refractivity contribution < 1.29 is 9.53 Å². The van der Waals surface area contributed by atoms with Gasteiger partial charge in [-0.05, 0) is 48.2 Å². The topological polar surface area (TPSA) is 42.4 Å². The third-order valence-corrected chi connectivity index (χ3v) is 3.89. The van der Waals surface area contributed by atoms with Gasteiger partial charge in [0.05, 0.1) is 7.11 Å². The van der Waals surface area contributed by atoms with Gasteiger partial charge in [0, 0.05) is 31.1 Å². The molecule has 0 N–H and O–H groups in total. The average Bonchev–Trinajstić information content (AvgIpc) is 3.44. The van der Waals surface area contributed by atoms with E-state index in [1.54, 1.807) is 25.6 Å². The van der Waals surface area contributed by atoms with Crippen molar-refractivity contribution in [1.82, 2.24) is 9.88 Å². The van der Waals surface area contributed by atoms with Crippen molar-refractivity contribution in [3.63, 3.8) is 0 Å². The Morgan fingerprint density at radius 2 is 2.09 bits per heavy atom. The Balaban J connectivity index is 1.68. The van der Waals surface area contributed by atoms with Crippen molar-refractivity contribution in [1.29, 1.82) is 0 Å². The maximum absolute atomic E-state index is 12.5. The smallest absolute Gasteiger partial charge is 0.247 e. The highest BCUT2D eigenvalue weighted by molar-refractivity contribution is 5.92. The van der Waals surface area contributed by atoms with E-state index in [0.29, 0.717) is 12.6 Å². The number of benzene rings is 1. The second kappa shape index (κ2) is 7.09. The van der Waals surface area contributed by atoms with Gasteiger partial charge in [-0.1, -0.05) is 18.2 Å². The molecule has 4 nitrogen and oxygen atoms in total. The van der Waals surface area contributed by atoms with Crippen LogP contribution in [0.1, 0.15) is 24.0 Å². The Kier molecular flexibility index (Phi) is 4.71. The average molecular weight is 308 g/mol. The minimum atomic E-state index is 0.0483. The van der Waals surface area contributed by atoms with Gasteiger partial charge in [-0.15, -0.1) is 0 Å². The van der Waals surface area contributed by atoms with Crippen molar-refractivity contribution in [3.8, 4) is 5.75 Å². The van der Waals surface area contributed by atoms with Gasteiger partial charge < -0.3 is 9.64 Å². The molecule has 0 atom stereocenters. The third-order valence-electron chi connectivity index (χ3n) is 3.89. The Morgan fingerprint density at radius 1 is 1.30 bits per heavy atom. The number of hydrogen-bond acceptors (Lipinski definition) is 3. The monoisotopic (exact) mass is 308 g/mol. The van der Waals surface area contributed by atoms with Gasteiger partial charge in [0.1, 0.15) is 5.75 Å². The molecule has 0 bridgehead atoms. The summed E-state index contributed by atoms with van der Waals surface area (Å²) in [4.78, 5) is 18.5. The molecule has 4 heteroatoms. The van der Waals surface area contributed by atoms with Crippen molar-refractivity contribution >= 4 is 12.0 Å². The zero-order valence-electron chi connectivity index (χ0n) is 13.2. The summed E-state index contributed by atoms with van der Waals surface area (Å²) in [6.45, 7) is 0.630. The quantitative estimate of drug-likeness (QED) is 0.769. The summed E-state index contributed by atoms with van der Waals surface area (Å²) >= 11 is 0. The fourth-order valence-electron chi connectivity index (χ4n) is 2.44. The molecule has 1 heterocycles. The van der Waals surface area contributed by atoms with Crippen LogP contribution < -0.4 is 4.74 Å². The molecule has 1 amide bonds. The molecule has 3 rings (SSSR count). The number of amides is 1. The van der Waals surface area contributed by atoms with Gasteiger partial charge in [0.2, 0.25) is 5.91 Å². The molecule has 1 saturated carbocycles. The number of rotatable bonds is 6. The normalized spacial score (nSPS) is 14.0. The number of nitrogens with zero attached hydrogens (tertiary/aromatic N) is 2. The fraction of sp³-hybridized carbons (Fsp3) is 0.263. The van der Waals surface area contributed by atoms with Crippen LogP contribution >= 0.6 is 0 Å². The molecule has 0 saturated heterocycles. The molecular weight excluding hydrogens is 288 g/mol. The molecular formula is C19H20N2O2. The summed E-state index contributed by atoms with van der Waals surface area (Å²) in [5, 5.41) is 0. The number of carbonyl (C=O) groups is 1. The second-order valence-corrected chi connectivity index (χ2v) is 5.67. The molecule has 1 aliphatic carbocycles. The minimum Gasteiger partial charge on any atom is -0.497 e. The second-order valence-electron chi connectivity index (χ2n) is 5.67. The molecule has 1 aliphatic rings. The number of ether oxygens (including phenoxy) is 1. The number of pyridine rings is 1. The Bertz CT molecular complexity index is 676. The van der Waals surface area contributed by atoms with Crippen LogP contribution in [0.4, 0.5) is 0 Å². The molecule has 23 heavy (non-hydrogen) atoms. The van der Waals surface area contributed by atoms with E-state index in [0.717, 1.165) is 29.7 Å². The third kappa shape index (κ3) is 4.19. The van der Waals surface area contributed by atoms with E-state index in [-0.39, 0.29) is 5.91 Å². The van der Waals surface area contributed by atoms with E-state index in [2.05, 4.69) is 4.98 Å². The Hall–Kier alpha value is -2.62. The van der Waals surface area contributed by atoms with Gasteiger partial charge in [0.15, 0.2) is 0 Å². The minimum absolute atomic E-state index is 0.0483. The van der Waals surface area contributed by atoms with Gasteiger partial charge in [-0.25, -0.2) is 0 Å².